The van der Waals surface area contributed by atoms with E-state index in [2.05, 4.69) is 67.4 Å². The Bertz CT molecular complexity index is 1220. The van der Waals surface area contributed by atoms with Crippen molar-refractivity contribution in [1.29, 1.82) is 0 Å². The van der Waals surface area contributed by atoms with E-state index >= 15 is 0 Å². The Morgan fingerprint density at radius 2 is 1.80 bits per heavy atom. The molecule has 0 radical (unpaired) electrons. The predicted octanol–water partition coefficient (Wildman–Crippen LogP) is 4.51. The van der Waals surface area contributed by atoms with Crippen LogP contribution in [0, 0.1) is 18.6 Å². The van der Waals surface area contributed by atoms with Gasteiger partial charge >= 0.3 is 0 Å². The van der Waals surface area contributed by atoms with E-state index < -0.39 is 0 Å². The van der Waals surface area contributed by atoms with E-state index in [4.69, 9.17) is 17.3 Å². The second-order valence-corrected chi connectivity index (χ2v) is 8.13. The number of aryl methyl sites for hydroxylation is 3. The average Bonchev–Trinajstić information content (AvgIpc) is 3.29. The summed E-state index contributed by atoms with van der Waals surface area (Å²) in [5.41, 5.74) is 6.88. The van der Waals surface area contributed by atoms with E-state index in [9.17, 15) is 0 Å². The molecular formula is C23H26N6S. The van der Waals surface area contributed by atoms with Gasteiger partial charge in [0.2, 0.25) is 0 Å². The van der Waals surface area contributed by atoms with Gasteiger partial charge < -0.3 is 4.57 Å². The minimum Gasteiger partial charge on any atom is -0.310 e. The lowest BCUT2D eigenvalue weighted by Crippen LogP contribution is -2.22. The third-order valence-corrected chi connectivity index (χ3v) is 5.79. The molecule has 0 atom stereocenters. The third kappa shape index (κ3) is 4.13. The summed E-state index contributed by atoms with van der Waals surface area (Å²) in [6.07, 6.45) is 3.86. The second kappa shape index (κ2) is 8.38. The van der Waals surface area contributed by atoms with Gasteiger partial charge in [-0.15, -0.1) is 0 Å². The molecule has 0 unspecified atom stereocenters. The molecule has 4 rings (SSSR count). The number of hydrogen-bond donors (Lipinski definition) is 0. The fourth-order valence-corrected chi connectivity index (χ4v) is 3.61. The van der Waals surface area contributed by atoms with Crippen molar-refractivity contribution in [3.05, 3.63) is 82.5 Å². The van der Waals surface area contributed by atoms with Gasteiger partial charge in [-0.05, 0) is 62.4 Å². The summed E-state index contributed by atoms with van der Waals surface area (Å²) in [5.74, 6) is 0. The lowest BCUT2D eigenvalue weighted by atomic mass is 10.0. The van der Waals surface area contributed by atoms with Crippen LogP contribution in [-0.4, -0.2) is 36.1 Å². The van der Waals surface area contributed by atoms with Crippen molar-refractivity contribution < 1.29 is 0 Å². The standard InChI is InChI=1S/C23H26N6S/c1-17-10-11-19(12-18(17)2)22-20(14-28(25-22)21-8-6-5-7-9-21)13-26(3)16-29-23(30)27(4)15-24-29/h5-12,14-15H,13,16H2,1-4H3. The van der Waals surface area contributed by atoms with Gasteiger partial charge in [0.15, 0.2) is 4.77 Å². The van der Waals surface area contributed by atoms with Crippen molar-refractivity contribution in [2.24, 2.45) is 7.05 Å². The fourth-order valence-electron chi connectivity index (χ4n) is 3.46. The number of para-hydroxylation sites is 1. The summed E-state index contributed by atoms with van der Waals surface area (Å²) in [6.45, 7) is 5.62. The largest absolute Gasteiger partial charge is 0.310 e. The van der Waals surface area contributed by atoms with Crippen LogP contribution in [0.3, 0.4) is 0 Å². The minimum absolute atomic E-state index is 0.614. The normalized spacial score (nSPS) is 11.4. The summed E-state index contributed by atoms with van der Waals surface area (Å²) in [4.78, 5) is 2.19. The van der Waals surface area contributed by atoms with E-state index in [-0.39, 0.29) is 0 Å². The van der Waals surface area contributed by atoms with Crippen LogP contribution in [0.25, 0.3) is 16.9 Å². The molecule has 154 valence electrons. The third-order valence-electron chi connectivity index (χ3n) is 5.29. The summed E-state index contributed by atoms with van der Waals surface area (Å²) in [7, 11) is 3.98. The van der Waals surface area contributed by atoms with Crippen LogP contribution in [0.2, 0.25) is 0 Å². The maximum atomic E-state index is 5.43. The molecule has 0 fully saturated rings. The van der Waals surface area contributed by atoms with E-state index in [0.29, 0.717) is 11.4 Å². The van der Waals surface area contributed by atoms with Crippen molar-refractivity contribution in [3.63, 3.8) is 0 Å². The molecular weight excluding hydrogens is 392 g/mol. The van der Waals surface area contributed by atoms with Gasteiger partial charge in [-0.25, -0.2) is 9.36 Å². The van der Waals surface area contributed by atoms with E-state index in [1.807, 2.05) is 39.2 Å². The summed E-state index contributed by atoms with van der Waals surface area (Å²) in [6, 6.07) is 16.7. The zero-order valence-electron chi connectivity index (χ0n) is 17.8. The second-order valence-electron chi connectivity index (χ2n) is 7.76. The number of benzene rings is 2. The smallest absolute Gasteiger partial charge is 0.198 e. The number of nitrogens with zero attached hydrogens (tertiary/aromatic N) is 6. The van der Waals surface area contributed by atoms with Crippen LogP contribution in [-0.2, 0) is 20.3 Å². The molecule has 30 heavy (non-hydrogen) atoms. The van der Waals surface area contributed by atoms with Crippen molar-refractivity contribution in [3.8, 4) is 16.9 Å². The van der Waals surface area contributed by atoms with Gasteiger partial charge in [-0.1, -0.05) is 30.3 Å². The molecule has 0 N–H and O–H groups in total. The molecule has 0 aliphatic heterocycles. The Labute approximate surface area is 182 Å². The Hall–Kier alpha value is -3.03. The average molecular weight is 419 g/mol. The van der Waals surface area contributed by atoms with Crippen LogP contribution in [0.4, 0.5) is 0 Å². The number of rotatable bonds is 6. The van der Waals surface area contributed by atoms with Gasteiger partial charge in [0, 0.05) is 30.9 Å². The Morgan fingerprint density at radius 1 is 1.03 bits per heavy atom. The first-order valence-corrected chi connectivity index (χ1v) is 10.3. The van der Waals surface area contributed by atoms with Crippen LogP contribution >= 0.6 is 12.2 Å². The van der Waals surface area contributed by atoms with Gasteiger partial charge in [0.05, 0.1) is 18.1 Å². The molecule has 2 aromatic carbocycles. The lowest BCUT2D eigenvalue weighted by Gasteiger charge is -2.16. The zero-order chi connectivity index (χ0) is 21.3. The molecule has 0 spiro atoms. The summed E-state index contributed by atoms with van der Waals surface area (Å²) >= 11 is 5.43. The molecule has 0 aliphatic carbocycles. The Morgan fingerprint density at radius 3 is 2.47 bits per heavy atom. The quantitative estimate of drug-likeness (QED) is 0.432. The molecule has 2 heterocycles. The molecule has 0 saturated heterocycles. The zero-order valence-corrected chi connectivity index (χ0v) is 18.6. The van der Waals surface area contributed by atoms with Gasteiger partial charge in [0.1, 0.15) is 6.33 Å². The molecule has 7 heteroatoms. The molecule has 0 aliphatic rings. The van der Waals surface area contributed by atoms with Crippen molar-refractivity contribution in [2.45, 2.75) is 27.1 Å². The van der Waals surface area contributed by atoms with E-state index in [1.165, 1.54) is 11.1 Å². The molecule has 4 aromatic rings. The van der Waals surface area contributed by atoms with Gasteiger partial charge in [-0.2, -0.15) is 10.2 Å². The molecule has 0 amide bonds. The van der Waals surface area contributed by atoms with Crippen molar-refractivity contribution in [1.82, 2.24) is 29.0 Å². The van der Waals surface area contributed by atoms with E-state index in [0.717, 1.165) is 29.1 Å². The number of hydrogen-bond acceptors (Lipinski definition) is 4. The van der Waals surface area contributed by atoms with Crippen LogP contribution < -0.4 is 0 Å². The Balaban J connectivity index is 1.69. The Kier molecular flexibility index (Phi) is 5.65. The molecule has 2 aromatic heterocycles. The highest BCUT2D eigenvalue weighted by Gasteiger charge is 2.15. The molecule has 6 nitrogen and oxygen atoms in total. The fraction of sp³-hybridized carbons (Fsp3) is 0.261. The summed E-state index contributed by atoms with van der Waals surface area (Å²) in [5, 5.41) is 9.31. The van der Waals surface area contributed by atoms with Crippen molar-refractivity contribution in [2.75, 3.05) is 7.05 Å². The highest BCUT2D eigenvalue weighted by Crippen LogP contribution is 2.26. The van der Waals surface area contributed by atoms with Gasteiger partial charge in [-0.3, -0.25) is 4.90 Å². The molecule has 0 saturated carbocycles. The predicted molar refractivity (Wildman–Crippen MR) is 122 cm³/mol. The first-order chi connectivity index (χ1) is 14.4. The van der Waals surface area contributed by atoms with Crippen LogP contribution in [0.1, 0.15) is 16.7 Å². The first kappa shape index (κ1) is 20.3. The lowest BCUT2D eigenvalue weighted by molar-refractivity contribution is 0.244. The summed E-state index contributed by atoms with van der Waals surface area (Å²) < 4.78 is 6.33. The van der Waals surface area contributed by atoms with Crippen LogP contribution in [0.15, 0.2) is 61.1 Å². The highest BCUT2D eigenvalue weighted by atomic mass is 32.1. The topological polar surface area (TPSA) is 43.8 Å². The highest BCUT2D eigenvalue weighted by molar-refractivity contribution is 7.71. The van der Waals surface area contributed by atoms with E-state index in [1.54, 1.807) is 6.33 Å². The maximum Gasteiger partial charge on any atom is 0.198 e. The van der Waals surface area contributed by atoms with Gasteiger partial charge in [0.25, 0.3) is 0 Å². The minimum atomic E-state index is 0.614. The SMILES string of the molecule is Cc1ccc(-c2nn(-c3ccccc3)cc2CN(C)Cn2ncn(C)c2=S)cc1C. The van der Waals surface area contributed by atoms with Crippen molar-refractivity contribution >= 4 is 12.2 Å². The van der Waals surface area contributed by atoms with Crippen LogP contribution in [0.5, 0.6) is 0 Å². The number of aromatic nitrogens is 5. The first-order valence-electron chi connectivity index (χ1n) is 9.91. The monoisotopic (exact) mass is 418 g/mol. The molecule has 0 bridgehead atoms. The maximum absolute atomic E-state index is 5.43.